The van der Waals surface area contributed by atoms with Crippen molar-refractivity contribution in [3.05, 3.63) is 29.8 Å². The lowest BCUT2D eigenvalue weighted by atomic mass is 9.85. The third-order valence-electron chi connectivity index (χ3n) is 3.96. The zero-order chi connectivity index (χ0) is 14.6. The van der Waals surface area contributed by atoms with Gasteiger partial charge >= 0.3 is 6.18 Å². The van der Waals surface area contributed by atoms with E-state index >= 15 is 0 Å². The normalized spacial score (nSPS) is 23.6. The van der Waals surface area contributed by atoms with Crippen molar-refractivity contribution in [3.63, 3.8) is 0 Å². The van der Waals surface area contributed by atoms with Gasteiger partial charge in [-0.25, -0.2) is 0 Å². The lowest BCUT2D eigenvalue weighted by molar-refractivity contribution is -0.182. The first-order valence-corrected chi connectivity index (χ1v) is 6.92. The second-order valence-electron chi connectivity index (χ2n) is 5.28. The highest BCUT2D eigenvalue weighted by Crippen LogP contribution is 2.37. The van der Waals surface area contributed by atoms with Crippen molar-refractivity contribution in [3.8, 4) is 5.75 Å². The van der Waals surface area contributed by atoms with E-state index in [0.717, 1.165) is 11.3 Å². The first kappa shape index (κ1) is 15.2. The Morgan fingerprint density at radius 1 is 1.15 bits per heavy atom. The lowest BCUT2D eigenvalue weighted by Gasteiger charge is -2.30. The highest BCUT2D eigenvalue weighted by Gasteiger charge is 2.41. The van der Waals surface area contributed by atoms with Gasteiger partial charge in [0.2, 0.25) is 0 Å². The Hall–Kier alpha value is -1.23. The number of rotatable bonds is 4. The van der Waals surface area contributed by atoms with E-state index in [9.17, 15) is 13.2 Å². The van der Waals surface area contributed by atoms with E-state index in [1.807, 2.05) is 24.3 Å². The molecule has 1 aromatic carbocycles. The number of halogens is 3. The number of nitrogens with one attached hydrogen (secondary N) is 1. The summed E-state index contributed by atoms with van der Waals surface area (Å²) in [7, 11) is 1.62. The van der Waals surface area contributed by atoms with Crippen molar-refractivity contribution in [2.24, 2.45) is 5.92 Å². The largest absolute Gasteiger partial charge is 0.496 e. The van der Waals surface area contributed by atoms with E-state index in [1.54, 1.807) is 7.11 Å². The fraction of sp³-hybridized carbons (Fsp3) is 0.600. The zero-order valence-electron chi connectivity index (χ0n) is 11.5. The third kappa shape index (κ3) is 3.88. The molecule has 112 valence electrons. The molecule has 0 aromatic heterocycles. The van der Waals surface area contributed by atoms with Crippen LogP contribution in [0, 0.1) is 5.92 Å². The Bertz CT molecular complexity index is 425. The van der Waals surface area contributed by atoms with Gasteiger partial charge in [0, 0.05) is 18.2 Å². The van der Waals surface area contributed by atoms with Crippen molar-refractivity contribution in [2.45, 2.75) is 44.4 Å². The molecule has 1 saturated carbocycles. The predicted molar refractivity (Wildman–Crippen MR) is 71.6 cm³/mol. The van der Waals surface area contributed by atoms with Crippen LogP contribution in [0.15, 0.2) is 24.3 Å². The molecule has 5 heteroatoms. The van der Waals surface area contributed by atoms with Crippen LogP contribution in [0.3, 0.4) is 0 Å². The van der Waals surface area contributed by atoms with Gasteiger partial charge in [0.05, 0.1) is 13.0 Å². The molecule has 0 spiro atoms. The second kappa shape index (κ2) is 6.48. The summed E-state index contributed by atoms with van der Waals surface area (Å²) in [5.74, 6) is -0.309. The van der Waals surface area contributed by atoms with E-state index in [0.29, 0.717) is 19.4 Å². The molecule has 2 rings (SSSR count). The molecule has 0 atom stereocenters. The van der Waals surface area contributed by atoms with Crippen molar-refractivity contribution in [1.29, 1.82) is 0 Å². The Labute approximate surface area is 117 Å². The summed E-state index contributed by atoms with van der Waals surface area (Å²) in [6.45, 7) is 0.630. The number of ether oxygens (including phenoxy) is 1. The molecule has 0 saturated heterocycles. The predicted octanol–water partition coefficient (Wildman–Crippen LogP) is 3.91. The van der Waals surface area contributed by atoms with Crippen LogP contribution in [0.2, 0.25) is 0 Å². The first-order chi connectivity index (χ1) is 9.50. The van der Waals surface area contributed by atoms with Gasteiger partial charge in [-0.3, -0.25) is 0 Å². The fourth-order valence-electron chi connectivity index (χ4n) is 2.73. The summed E-state index contributed by atoms with van der Waals surface area (Å²) in [4.78, 5) is 0. The van der Waals surface area contributed by atoms with Crippen LogP contribution in [-0.2, 0) is 6.54 Å². The maximum Gasteiger partial charge on any atom is 0.391 e. The van der Waals surface area contributed by atoms with Crippen molar-refractivity contribution >= 4 is 0 Å². The molecule has 1 N–H and O–H groups in total. The summed E-state index contributed by atoms with van der Waals surface area (Å²) in [5.41, 5.74) is 1.04. The molecule has 1 aliphatic carbocycles. The Kier molecular flexibility index (Phi) is 4.91. The Morgan fingerprint density at radius 2 is 1.80 bits per heavy atom. The van der Waals surface area contributed by atoms with Crippen LogP contribution in [0.4, 0.5) is 13.2 Å². The monoisotopic (exact) mass is 287 g/mol. The maximum atomic E-state index is 12.6. The molecule has 0 aliphatic heterocycles. The Morgan fingerprint density at radius 3 is 2.40 bits per heavy atom. The average molecular weight is 287 g/mol. The van der Waals surface area contributed by atoms with Crippen molar-refractivity contribution in [1.82, 2.24) is 5.32 Å². The summed E-state index contributed by atoms with van der Waals surface area (Å²) in [6, 6.07) is 7.85. The highest BCUT2D eigenvalue weighted by molar-refractivity contribution is 5.33. The second-order valence-corrected chi connectivity index (χ2v) is 5.28. The van der Waals surface area contributed by atoms with E-state index in [-0.39, 0.29) is 18.9 Å². The van der Waals surface area contributed by atoms with Crippen LogP contribution >= 0.6 is 0 Å². The molecule has 20 heavy (non-hydrogen) atoms. The number of hydrogen-bond acceptors (Lipinski definition) is 2. The van der Waals surface area contributed by atoms with E-state index < -0.39 is 12.1 Å². The van der Waals surface area contributed by atoms with Crippen molar-refractivity contribution in [2.75, 3.05) is 7.11 Å². The fourth-order valence-corrected chi connectivity index (χ4v) is 2.73. The molecule has 0 heterocycles. The maximum absolute atomic E-state index is 12.6. The minimum absolute atomic E-state index is 0.165. The van der Waals surface area contributed by atoms with Crippen LogP contribution in [0.1, 0.15) is 31.2 Å². The number of hydrogen-bond donors (Lipinski definition) is 1. The van der Waals surface area contributed by atoms with Crippen LogP contribution < -0.4 is 10.1 Å². The molecule has 0 radical (unpaired) electrons. The van der Waals surface area contributed by atoms with Crippen LogP contribution in [0.25, 0.3) is 0 Å². The average Bonchev–Trinajstić information content (AvgIpc) is 2.45. The SMILES string of the molecule is COc1ccccc1CNC1CCC(C(F)(F)F)CC1. The van der Waals surface area contributed by atoms with Crippen LogP contribution in [0.5, 0.6) is 5.75 Å². The number of benzene rings is 1. The minimum atomic E-state index is -4.03. The summed E-state index contributed by atoms with van der Waals surface area (Å²) < 4.78 is 43.0. The van der Waals surface area contributed by atoms with E-state index in [4.69, 9.17) is 4.74 Å². The first-order valence-electron chi connectivity index (χ1n) is 6.92. The summed E-state index contributed by atoms with van der Waals surface area (Å²) in [5, 5.41) is 3.34. The molecule has 1 aliphatic rings. The standard InChI is InChI=1S/C15H20F3NO/c1-20-14-5-3-2-4-11(14)10-19-13-8-6-12(7-9-13)15(16,17)18/h2-5,12-13,19H,6-10H2,1H3. The highest BCUT2D eigenvalue weighted by atomic mass is 19.4. The van der Waals surface area contributed by atoms with E-state index in [1.165, 1.54) is 0 Å². The van der Waals surface area contributed by atoms with Gasteiger partial charge in [-0.2, -0.15) is 13.2 Å². The zero-order valence-corrected chi connectivity index (χ0v) is 11.5. The molecular weight excluding hydrogens is 267 g/mol. The summed E-state index contributed by atoms with van der Waals surface area (Å²) >= 11 is 0. The molecule has 1 fully saturated rings. The number of para-hydroxylation sites is 1. The molecular formula is C15H20F3NO. The van der Waals surface area contributed by atoms with Gasteiger partial charge in [-0.05, 0) is 31.7 Å². The van der Waals surface area contributed by atoms with Crippen molar-refractivity contribution < 1.29 is 17.9 Å². The minimum Gasteiger partial charge on any atom is -0.496 e. The number of alkyl halides is 3. The summed E-state index contributed by atoms with van der Waals surface area (Å²) in [6.07, 6.45) is -2.41. The van der Waals surface area contributed by atoms with Gasteiger partial charge in [-0.15, -0.1) is 0 Å². The van der Waals surface area contributed by atoms with Gasteiger partial charge in [0.1, 0.15) is 5.75 Å². The molecule has 1 aromatic rings. The van der Waals surface area contributed by atoms with Gasteiger partial charge < -0.3 is 10.1 Å². The molecule has 0 bridgehead atoms. The molecule has 0 unspecified atom stereocenters. The Balaban J connectivity index is 1.82. The third-order valence-corrected chi connectivity index (χ3v) is 3.96. The number of methoxy groups -OCH3 is 1. The smallest absolute Gasteiger partial charge is 0.391 e. The van der Waals surface area contributed by atoms with Gasteiger partial charge in [-0.1, -0.05) is 18.2 Å². The topological polar surface area (TPSA) is 21.3 Å². The molecule has 2 nitrogen and oxygen atoms in total. The van der Waals surface area contributed by atoms with Gasteiger partial charge in [0.15, 0.2) is 0 Å². The van der Waals surface area contributed by atoms with Crippen LogP contribution in [-0.4, -0.2) is 19.3 Å². The lowest BCUT2D eigenvalue weighted by Crippen LogP contribution is -2.36. The quantitative estimate of drug-likeness (QED) is 0.906. The van der Waals surface area contributed by atoms with Gasteiger partial charge in [0.25, 0.3) is 0 Å². The van der Waals surface area contributed by atoms with E-state index in [2.05, 4.69) is 5.32 Å². The molecule has 0 amide bonds.